The average molecular weight is 268 g/mol. The molecule has 2 unspecified atom stereocenters. The lowest BCUT2D eigenvalue weighted by Gasteiger charge is -2.43. The molecule has 2 heteroatoms. The first kappa shape index (κ1) is 13.6. The Hall–Kier alpha value is -1.33. The Balaban J connectivity index is 1.51. The Labute approximate surface area is 122 Å². The van der Waals surface area contributed by atoms with E-state index in [4.69, 9.17) is 0 Å². The summed E-state index contributed by atoms with van der Waals surface area (Å²) in [6, 6.07) is 13.4. The molecule has 20 heavy (non-hydrogen) atoms. The monoisotopic (exact) mass is 268 g/mol. The molecule has 1 aromatic carbocycles. The van der Waals surface area contributed by atoms with Gasteiger partial charge in [0.15, 0.2) is 0 Å². The maximum Gasteiger partial charge on any atom is 0.0852 e. The normalized spacial score (nSPS) is 36.3. The fourth-order valence-electron chi connectivity index (χ4n) is 3.92. The van der Waals surface area contributed by atoms with Gasteiger partial charge in [-0.1, -0.05) is 43.7 Å². The van der Waals surface area contributed by atoms with Crippen molar-refractivity contribution in [2.75, 3.05) is 6.54 Å². The highest BCUT2D eigenvalue weighted by Gasteiger charge is 2.45. The maximum absolute atomic E-state index is 9.54. The van der Waals surface area contributed by atoms with Gasteiger partial charge in [0.1, 0.15) is 0 Å². The summed E-state index contributed by atoms with van der Waals surface area (Å²) in [5, 5.41) is 13.2. The molecule has 0 aromatic heterocycles. The Kier molecular flexibility index (Phi) is 3.81. The molecule has 2 nitrogen and oxygen atoms in total. The molecule has 2 aliphatic rings. The van der Waals surface area contributed by atoms with E-state index in [1.54, 1.807) is 0 Å². The van der Waals surface area contributed by atoms with Gasteiger partial charge in [-0.2, -0.15) is 5.26 Å². The van der Waals surface area contributed by atoms with Crippen LogP contribution in [0.1, 0.15) is 44.6 Å². The van der Waals surface area contributed by atoms with E-state index < -0.39 is 0 Å². The molecule has 0 heterocycles. The summed E-state index contributed by atoms with van der Waals surface area (Å²) >= 11 is 0. The summed E-state index contributed by atoms with van der Waals surface area (Å²) in [6.07, 6.45) is 6.08. The molecule has 2 aliphatic carbocycles. The first-order valence-electron chi connectivity index (χ1n) is 7.92. The second-order valence-corrected chi connectivity index (χ2v) is 6.86. The Morgan fingerprint density at radius 3 is 2.60 bits per heavy atom. The van der Waals surface area contributed by atoms with Crippen LogP contribution in [0.3, 0.4) is 0 Å². The Bertz CT molecular complexity index is 482. The lowest BCUT2D eigenvalue weighted by molar-refractivity contribution is 0.218. The van der Waals surface area contributed by atoms with E-state index in [0.717, 1.165) is 31.2 Å². The molecular weight excluding hydrogens is 244 g/mol. The predicted molar refractivity (Wildman–Crippen MR) is 81.3 cm³/mol. The van der Waals surface area contributed by atoms with Crippen LogP contribution in [0.25, 0.3) is 0 Å². The van der Waals surface area contributed by atoms with Gasteiger partial charge in [0.25, 0.3) is 0 Å². The van der Waals surface area contributed by atoms with Gasteiger partial charge in [-0.05, 0) is 49.6 Å². The number of nitriles is 1. The van der Waals surface area contributed by atoms with Crippen LogP contribution in [0.5, 0.6) is 0 Å². The van der Waals surface area contributed by atoms with Gasteiger partial charge in [-0.15, -0.1) is 0 Å². The highest BCUT2D eigenvalue weighted by molar-refractivity contribution is 5.36. The summed E-state index contributed by atoms with van der Waals surface area (Å²) in [5.74, 6) is 1.77. The van der Waals surface area contributed by atoms with Gasteiger partial charge in [-0.25, -0.2) is 0 Å². The first-order valence-corrected chi connectivity index (χ1v) is 7.92. The van der Waals surface area contributed by atoms with Crippen LogP contribution >= 0.6 is 0 Å². The Morgan fingerprint density at radius 1 is 1.25 bits per heavy atom. The largest absolute Gasteiger partial charge is 0.314 e. The molecule has 2 atom stereocenters. The third kappa shape index (κ3) is 2.60. The molecule has 0 amide bonds. The zero-order valence-corrected chi connectivity index (χ0v) is 12.3. The van der Waals surface area contributed by atoms with Gasteiger partial charge in [0.05, 0.1) is 11.5 Å². The third-order valence-corrected chi connectivity index (χ3v) is 5.23. The molecular formula is C18H24N2. The van der Waals surface area contributed by atoms with Crippen molar-refractivity contribution >= 4 is 0 Å². The second kappa shape index (κ2) is 5.58. The number of benzene rings is 1. The van der Waals surface area contributed by atoms with Crippen molar-refractivity contribution in [2.24, 2.45) is 11.8 Å². The number of rotatable bonds is 4. The van der Waals surface area contributed by atoms with Crippen molar-refractivity contribution in [3.05, 3.63) is 35.9 Å². The highest BCUT2D eigenvalue weighted by atomic mass is 14.9. The molecule has 106 valence electrons. The summed E-state index contributed by atoms with van der Waals surface area (Å²) in [4.78, 5) is 0. The molecule has 0 saturated heterocycles. The average Bonchev–Trinajstić information content (AvgIpc) is 2.85. The van der Waals surface area contributed by atoms with Crippen molar-refractivity contribution in [3.63, 3.8) is 0 Å². The van der Waals surface area contributed by atoms with E-state index in [1.165, 1.54) is 24.8 Å². The van der Waals surface area contributed by atoms with E-state index >= 15 is 0 Å². The molecule has 1 N–H and O–H groups in total. The SMILES string of the molecule is CC1CCC(CNC2CC(C#N)(c3ccccc3)C2)C1. The molecule has 2 saturated carbocycles. The van der Waals surface area contributed by atoms with Crippen LogP contribution in [0.2, 0.25) is 0 Å². The van der Waals surface area contributed by atoms with Crippen LogP contribution < -0.4 is 5.32 Å². The van der Waals surface area contributed by atoms with Crippen LogP contribution in [0.4, 0.5) is 0 Å². The summed E-state index contributed by atoms with van der Waals surface area (Å²) < 4.78 is 0. The van der Waals surface area contributed by atoms with Gasteiger partial charge in [-0.3, -0.25) is 0 Å². The van der Waals surface area contributed by atoms with E-state index in [2.05, 4.69) is 30.4 Å². The molecule has 2 fully saturated rings. The highest BCUT2D eigenvalue weighted by Crippen LogP contribution is 2.43. The van der Waals surface area contributed by atoms with E-state index in [0.29, 0.717) is 6.04 Å². The standard InChI is InChI=1S/C18H24N2/c1-14-7-8-15(9-14)12-20-17-10-18(11-17,13-19)16-5-3-2-4-6-16/h2-6,14-15,17,20H,7-12H2,1H3. The third-order valence-electron chi connectivity index (χ3n) is 5.23. The molecule has 0 aliphatic heterocycles. The topological polar surface area (TPSA) is 35.8 Å². The number of hydrogen-bond acceptors (Lipinski definition) is 2. The fraction of sp³-hybridized carbons (Fsp3) is 0.611. The van der Waals surface area contributed by atoms with Crippen molar-refractivity contribution in [1.82, 2.24) is 5.32 Å². The second-order valence-electron chi connectivity index (χ2n) is 6.86. The van der Waals surface area contributed by atoms with Gasteiger partial charge in [0.2, 0.25) is 0 Å². The smallest absolute Gasteiger partial charge is 0.0852 e. The van der Waals surface area contributed by atoms with Crippen molar-refractivity contribution in [2.45, 2.75) is 50.5 Å². The van der Waals surface area contributed by atoms with E-state index in [1.807, 2.05) is 18.2 Å². The van der Waals surface area contributed by atoms with E-state index in [-0.39, 0.29) is 5.41 Å². The minimum absolute atomic E-state index is 0.234. The van der Waals surface area contributed by atoms with Crippen molar-refractivity contribution in [1.29, 1.82) is 5.26 Å². The number of hydrogen-bond donors (Lipinski definition) is 1. The lowest BCUT2D eigenvalue weighted by atomic mass is 9.62. The molecule has 0 bridgehead atoms. The summed E-state index contributed by atoms with van der Waals surface area (Å²) in [7, 11) is 0. The maximum atomic E-state index is 9.54. The van der Waals surface area contributed by atoms with Gasteiger partial charge in [0, 0.05) is 6.04 Å². The molecule has 0 spiro atoms. The molecule has 0 radical (unpaired) electrons. The summed E-state index contributed by atoms with van der Waals surface area (Å²) in [6.45, 7) is 3.50. The predicted octanol–water partition coefficient (Wildman–Crippen LogP) is 3.64. The summed E-state index contributed by atoms with van der Waals surface area (Å²) in [5.41, 5.74) is 0.956. The van der Waals surface area contributed by atoms with Crippen LogP contribution in [0.15, 0.2) is 30.3 Å². The van der Waals surface area contributed by atoms with E-state index in [9.17, 15) is 5.26 Å². The van der Waals surface area contributed by atoms with Crippen molar-refractivity contribution in [3.8, 4) is 6.07 Å². The number of nitrogens with zero attached hydrogens (tertiary/aromatic N) is 1. The first-order chi connectivity index (χ1) is 9.72. The number of nitrogens with one attached hydrogen (secondary N) is 1. The lowest BCUT2D eigenvalue weighted by Crippen LogP contribution is -2.51. The van der Waals surface area contributed by atoms with Crippen LogP contribution in [-0.4, -0.2) is 12.6 Å². The van der Waals surface area contributed by atoms with Crippen LogP contribution in [0, 0.1) is 23.2 Å². The van der Waals surface area contributed by atoms with Crippen molar-refractivity contribution < 1.29 is 0 Å². The molecule has 3 rings (SSSR count). The zero-order valence-electron chi connectivity index (χ0n) is 12.3. The zero-order chi connectivity index (χ0) is 14.0. The molecule has 1 aromatic rings. The Morgan fingerprint density at radius 2 is 2.00 bits per heavy atom. The van der Waals surface area contributed by atoms with Gasteiger partial charge >= 0.3 is 0 Å². The fourth-order valence-corrected chi connectivity index (χ4v) is 3.92. The minimum Gasteiger partial charge on any atom is -0.314 e. The van der Waals surface area contributed by atoms with Crippen LogP contribution in [-0.2, 0) is 5.41 Å². The van der Waals surface area contributed by atoms with Gasteiger partial charge < -0.3 is 5.32 Å². The quantitative estimate of drug-likeness (QED) is 0.905. The minimum atomic E-state index is -0.234.